The Bertz CT molecular complexity index is 368. The summed E-state index contributed by atoms with van der Waals surface area (Å²) in [5, 5.41) is 9.51. The number of nitrogens with two attached hydrogens (primary N) is 1. The Morgan fingerprint density at radius 3 is 3.12 bits per heavy atom. The summed E-state index contributed by atoms with van der Waals surface area (Å²) < 4.78 is 5.55. The first kappa shape index (κ1) is 11.2. The molecule has 16 heavy (non-hydrogen) atoms. The fraction of sp³-hybridized carbons (Fsp3) is 0.500. The first-order valence-electron chi connectivity index (χ1n) is 5.55. The molecule has 0 fully saturated rings. The Morgan fingerprint density at radius 2 is 2.38 bits per heavy atom. The molecule has 1 aliphatic rings. The van der Waals surface area contributed by atoms with Gasteiger partial charge in [0.1, 0.15) is 12.4 Å². The van der Waals surface area contributed by atoms with Crippen molar-refractivity contribution in [3.8, 4) is 5.75 Å². The van der Waals surface area contributed by atoms with Crippen molar-refractivity contribution < 1.29 is 9.84 Å². The molecule has 4 heteroatoms. The molecule has 1 aromatic carbocycles. The average Bonchev–Trinajstić information content (AvgIpc) is 2.30. The molecule has 0 radical (unpaired) electrons. The summed E-state index contributed by atoms with van der Waals surface area (Å²) >= 11 is 0. The first-order valence-corrected chi connectivity index (χ1v) is 5.55. The number of likely N-dealkylation sites (N-methyl/N-ethyl adjacent to an activating group) is 1. The zero-order valence-electron chi connectivity index (χ0n) is 9.52. The second kappa shape index (κ2) is 4.72. The molecule has 1 aromatic rings. The van der Waals surface area contributed by atoms with Crippen LogP contribution in [0.2, 0.25) is 0 Å². The maximum Gasteiger partial charge on any atom is 0.142 e. The monoisotopic (exact) mass is 222 g/mol. The number of aliphatic hydroxyl groups excluding tert-OH is 1. The Balaban J connectivity index is 2.20. The van der Waals surface area contributed by atoms with Crippen LogP contribution in [0.15, 0.2) is 18.2 Å². The summed E-state index contributed by atoms with van der Waals surface area (Å²) in [4.78, 5) is 2.16. The third kappa shape index (κ3) is 2.28. The highest BCUT2D eigenvalue weighted by Crippen LogP contribution is 2.31. The van der Waals surface area contributed by atoms with Gasteiger partial charge in [0.2, 0.25) is 0 Å². The molecule has 0 aromatic heterocycles. The van der Waals surface area contributed by atoms with E-state index < -0.39 is 6.10 Å². The molecule has 1 aliphatic heterocycles. The molecule has 0 saturated carbocycles. The van der Waals surface area contributed by atoms with E-state index >= 15 is 0 Å². The van der Waals surface area contributed by atoms with Gasteiger partial charge in [0.05, 0.1) is 18.3 Å². The largest absolute Gasteiger partial charge is 0.490 e. The van der Waals surface area contributed by atoms with Crippen molar-refractivity contribution >= 4 is 5.69 Å². The predicted molar refractivity (Wildman–Crippen MR) is 64.0 cm³/mol. The van der Waals surface area contributed by atoms with Crippen molar-refractivity contribution in [1.29, 1.82) is 0 Å². The molecule has 0 amide bonds. The molecule has 1 heterocycles. The summed E-state index contributed by atoms with van der Waals surface area (Å²) in [6.07, 6.45) is 0.130. The second-order valence-corrected chi connectivity index (χ2v) is 4.17. The number of hydrogen-bond acceptors (Lipinski definition) is 4. The molecule has 1 atom stereocenters. The fourth-order valence-corrected chi connectivity index (χ4v) is 1.88. The van der Waals surface area contributed by atoms with Crippen molar-refractivity contribution in [1.82, 2.24) is 0 Å². The predicted octanol–water partition coefficient (Wildman–Crippen LogP) is 0.377. The zero-order valence-corrected chi connectivity index (χ0v) is 9.52. The smallest absolute Gasteiger partial charge is 0.142 e. The van der Waals surface area contributed by atoms with Crippen LogP contribution in [0.3, 0.4) is 0 Å². The lowest BCUT2D eigenvalue weighted by Gasteiger charge is -2.28. The molecule has 0 bridgehead atoms. The molecular weight excluding hydrogens is 204 g/mol. The van der Waals surface area contributed by atoms with Crippen LogP contribution in [-0.4, -0.2) is 38.0 Å². The third-order valence-electron chi connectivity index (χ3n) is 2.86. The fourth-order valence-electron chi connectivity index (χ4n) is 1.88. The lowest BCUT2D eigenvalue weighted by atomic mass is 10.1. The molecule has 0 spiro atoms. The van der Waals surface area contributed by atoms with Gasteiger partial charge in [-0.25, -0.2) is 0 Å². The maximum absolute atomic E-state index is 9.51. The Hall–Kier alpha value is -1.26. The van der Waals surface area contributed by atoms with E-state index in [-0.39, 0.29) is 0 Å². The highest BCUT2D eigenvalue weighted by Gasteiger charge is 2.15. The number of aliphatic hydroxyl groups is 1. The number of anilines is 1. The van der Waals surface area contributed by atoms with Gasteiger partial charge in [0.15, 0.2) is 0 Å². The standard InChI is InChI=1S/C12H18N2O2/c1-14-4-5-16-12-3-2-9(7-11(12)14)6-10(15)8-13/h2-3,7,10,15H,4-6,8,13H2,1H3. The van der Waals surface area contributed by atoms with Gasteiger partial charge in [-0.05, 0) is 24.1 Å². The number of hydrogen-bond donors (Lipinski definition) is 2. The minimum absolute atomic E-state index is 0.295. The van der Waals surface area contributed by atoms with Gasteiger partial charge < -0.3 is 20.5 Å². The number of benzene rings is 1. The quantitative estimate of drug-likeness (QED) is 0.776. The Kier molecular flexibility index (Phi) is 3.31. The van der Waals surface area contributed by atoms with E-state index in [1.165, 1.54) is 0 Å². The van der Waals surface area contributed by atoms with Crippen molar-refractivity contribution in [2.75, 3.05) is 31.6 Å². The van der Waals surface area contributed by atoms with Crippen LogP contribution in [0.25, 0.3) is 0 Å². The molecule has 3 N–H and O–H groups in total. The molecule has 2 rings (SSSR count). The van der Waals surface area contributed by atoms with Crippen LogP contribution < -0.4 is 15.4 Å². The maximum atomic E-state index is 9.51. The Labute approximate surface area is 95.6 Å². The SMILES string of the molecule is CN1CCOc2ccc(CC(O)CN)cc21. The lowest BCUT2D eigenvalue weighted by molar-refractivity contribution is 0.183. The van der Waals surface area contributed by atoms with Crippen molar-refractivity contribution in [2.24, 2.45) is 5.73 Å². The van der Waals surface area contributed by atoms with Crippen LogP contribution in [0.5, 0.6) is 5.75 Å². The highest BCUT2D eigenvalue weighted by atomic mass is 16.5. The molecule has 88 valence electrons. The molecule has 0 aliphatic carbocycles. The van der Waals surface area contributed by atoms with Gasteiger partial charge in [-0.2, -0.15) is 0 Å². The first-order chi connectivity index (χ1) is 7.70. The van der Waals surface area contributed by atoms with Gasteiger partial charge in [-0.3, -0.25) is 0 Å². The lowest BCUT2D eigenvalue weighted by Crippen LogP contribution is -2.29. The minimum atomic E-state index is -0.465. The van der Waals surface area contributed by atoms with E-state index in [0.29, 0.717) is 13.0 Å². The van der Waals surface area contributed by atoms with Crippen LogP contribution >= 0.6 is 0 Å². The van der Waals surface area contributed by atoms with E-state index in [1.807, 2.05) is 19.2 Å². The minimum Gasteiger partial charge on any atom is -0.490 e. The number of nitrogens with zero attached hydrogens (tertiary/aromatic N) is 1. The number of ether oxygens (including phenoxy) is 1. The summed E-state index contributed by atoms with van der Waals surface area (Å²) in [5.74, 6) is 0.916. The average molecular weight is 222 g/mol. The molecule has 4 nitrogen and oxygen atoms in total. The van der Waals surface area contributed by atoms with E-state index in [1.54, 1.807) is 0 Å². The molecule has 0 saturated heterocycles. The summed E-state index contributed by atoms with van der Waals surface area (Å²) in [5.41, 5.74) is 7.58. The molecular formula is C12H18N2O2. The van der Waals surface area contributed by atoms with Gasteiger partial charge in [0, 0.05) is 13.6 Å². The van der Waals surface area contributed by atoms with Crippen molar-refractivity contribution in [3.63, 3.8) is 0 Å². The molecule has 1 unspecified atom stereocenters. The van der Waals surface area contributed by atoms with Crippen LogP contribution in [0.1, 0.15) is 5.56 Å². The van der Waals surface area contributed by atoms with E-state index in [9.17, 15) is 5.11 Å². The van der Waals surface area contributed by atoms with Gasteiger partial charge in [-0.15, -0.1) is 0 Å². The zero-order chi connectivity index (χ0) is 11.5. The Morgan fingerprint density at radius 1 is 1.56 bits per heavy atom. The number of rotatable bonds is 3. The second-order valence-electron chi connectivity index (χ2n) is 4.17. The van der Waals surface area contributed by atoms with E-state index in [2.05, 4.69) is 11.0 Å². The highest BCUT2D eigenvalue weighted by molar-refractivity contribution is 5.60. The third-order valence-corrected chi connectivity index (χ3v) is 2.86. The van der Waals surface area contributed by atoms with E-state index in [0.717, 1.165) is 30.2 Å². The van der Waals surface area contributed by atoms with Crippen LogP contribution in [0, 0.1) is 0 Å². The van der Waals surface area contributed by atoms with Crippen LogP contribution in [-0.2, 0) is 6.42 Å². The van der Waals surface area contributed by atoms with Gasteiger partial charge >= 0.3 is 0 Å². The number of fused-ring (bicyclic) bond motifs is 1. The van der Waals surface area contributed by atoms with Crippen molar-refractivity contribution in [3.05, 3.63) is 23.8 Å². The van der Waals surface area contributed by atoms with Gasteiger partial charge in [0.25, 0.3) is 0 Å². The summed E-state index contributed by atoms with van der Waals surface area (Å²) in [6.45, 7) is 1.92. The van der Waals surface area contributed by atoms with Crippen LogP contribution in [0.4, 0.5) is 5.69 Å². The van der Waals surface area contributed by atoms with E-state index in [4.69, 9.17) is 10.5 Å². The summed E-state index contributed by atoms with van der Waals surface area (Å²) in [6, 6.07) is 6.01. The van der Waals surface area contributed by atoms with Crippen molar-refractivity contribution in [2.45, 2.75) is 12.5 Å². The van der Waals surface area contributed by atoms with Gasteiger partial charge in [-0.1, -0.05) is 6.07 Å². The normalized spacial score (nSPS) is 16.6. The topological polar surface area (TPSA) is 58.7 Å². The summed E-state index contributed by atoms with van der Waals surface area (Å²) in [7, 11) is 2.05.